The van der Waals surface area contributed by atoms with Crippen LogP contribution in [0, 0.1) is 5.82 Å². The highest BCUT2D eigenvalue weighted by Crippen LogP contribution is 2.36. The van der Waals surface area contributed by atoms with Gasteiger partial charge in [-0.15, -0.1) is 0 Å². The van der Waals surface area contributed by atoms with E-state index in [9.17, 15) is 22.4 Å². The number of benzene rings is 3. The third-order valence-corrected chi connectivity index (χ3v) is 8.48. The van der Waals surface area contributed by atoms with Gasteiger partial charge in [-0.2, -0.15) is 0 Å². The summed E-state index contributed by atoms with van der Waals surface area (Å²) in [4.78, 5) is 28.9. The van der Waals surface area contributed by atoms with Crippen molar-refractivity contribution in [1.82, 2.24) is 10.2 Å². The van der Waals surface area contributed by atoms with E-state index in [2.05, 4.69) is 5.32 Å². The number of rotatable bonds is 13. The highest BCUT2D eigenvalue weighted by molar-refractivity contribution is 7.92. The molecule has 0 unspecified atom stereocenters. The first-order valence-corrected chi connectivity index (χ1v) is 15.1. The van der Waals surface area contributed by atoms with Gasteiger partial charge in [-0.3, -0.25) is 13.9 Å². The highest BCUT2D eigenvalue weighted by Gasteiger charge is 2.34. The van der Waals surface area contributed by atoms with Crippen LogP contribution >= 0.6 is 0 Å². The monoisotopic (exact) mass is 583 g/mol. The van der Waals surface area contributed by atoms with E-state index in [4.69, 9.17) is 9.47 Å². The summed E-state index contributed by atoms with van der Waals surface area (Å²) in [6.45, 7) is 2.95. The Morgan fingerprint density at radius 1 is 0.976 bits per heavy atom. The van der Waals surface area contributed by atoms with Gasteiger partial charge in [-0.1, -0.05) is 55.5 Å². The van der Waals surface area contributed by atoms with Crippen molar-refractivity contribution in [2.45, 2.75) is 39.3 Å². The fourth-order valence-electron chi connectivity index (χ4n) is 4.49. The number of amides is 2. The van der Waals surface area contributed by atoms with E-state index in [1.165, 1.54) is 42.2 Å². The fraction of sp³-hybridized carbons (Fsp3) is 0.333. The van der Waals surface area contributed by atoms with Crippen molar-refractivity contribution in [2.75, 3.05) is 29.9 Å². The third-order valence-electron chi connectivity index (χ3n) is 6.74. The molecule has 218 valence electrons. The molecule has 4 rings (SSSR count). The van der Waals surface area contributed by atoms with Crippen LogP contribution in [0.5, 0.6) is 11.5 Å². The lowest BCUT2D eigenvalue weighted by molar-refractivity contribution is -0.140. The molecule has 0 spiro atoms. The molecule has 3 aromatic rings. The van der Waals surface area contributed by atoms with Crippen LogP contribution in [0.15, 0.2) is 72.8 Å². The predicted molar refractivity (Wildman–Crippen MR) is 154 cm³/mol. The first kappa shape index (κ1) is 29.9. The number of hydrogen-bond donors (Lipinski definition) is 1. The molecule has 3 aromatic carbocycles. The molecule has 41 heavy (non-hydrogen) atoms. The molecule has 0 fully saturated rings. The quantitative estimate of drug-likeness (QED) is 0.328. The van der Waals surface area contributed by atoms with E-state index in [-0.39, 0.29) is 36.8 Å². The van der Waals surface area contributed by atoms with Gasteiger partial charge in [0.25, 0.3) is 0 Å². The average Bonchev–Trinajstić information content (AvgIpc) is 3.45. The van der Waals surface area contributed by atoms with Crippen LogP contribution in [0.1, 0.15) is 31.4 Å². The summed E-state index contributed by atoms with van der Waals surface area (Å²) in [5.74, 6) is -1.05. The van der Waals surface area contributed by atoms with Crippen LogP contribution < -0.4 is 19.1 Å². The highest BCUT2D eigenvalue weighted by atomic mass is 32.2. The Hall–Kier alpha value is -4.12. The molecular formula is C30H34FN3O6S. The van der Waals surface area contributed by atoms with E-state index < -0.39 is 40.2 Å². The summed E-state index contributed by atoms with van der Waals surface area (Å²) >= 11 is 0. The Balaban J connectivity index is 1.74. The summed E-state index contributed by atoms with van der Waals surface area (Å²) in [7, 11) is -3.94. The average molecular weight is 584 g/mol. The Morgan fingerprint density at radius 3 is 2.39 bits per heavy atom. The number of anilines is 1. The van der Waals surface area contributed by atoms with Gasteiger partial charge < -0.3 is 19.7 Å². The smallest absolute Gasteiger partial charge is 0.244 e. The molecule has 0 saturated heterocycles. The van der Waals surface area contributed by atoms with Crippen LogP contribution in [-0.4, -0.2) is 56.8 Å². The molecule has 11 heteroatoms. The fourth-order valence-corrected chi connectivity index (χ4v) is 5.54. The molecule has 1 heterocycles. The molecule has 0 bridgehead atoms. The standard InChI is InChI=1S/C30H34FN3O6S/c1-3-16-32-30(36)26(17-22-10-6-5-7-11-22)33(19-23-12-8-9-13-25(23)31)29(35)20-34(41(37,38)4-2)24-14-15-27-28(18-24)40-21-39-27/h5-15,18,26H,3-4,16-17,19-21H2,1-2H3,(H,32,36)/t26-/m0/s1. The zero-order chi connectivity index (χ0) is 29.4. The molecule has 1 atom stereocenters. The van der Waals surface area contributed by atoms with Crippen LogP contribution in [0.3, 0.4) is 0 Å². The molecule has 9 nitrogen and oxygen atoms in total. The molecular weight excluding hydrogens is 549 g/mol. The number of nitrogens with zero attached hydrogens (tertiary/aromatic N) is 2. The van der Waals surface area contributed by atoms with Crippen LogP contribution in [0.4, 0.5) is 10.1 Å². The predicted octanol–water partition coefficient (Wildman–Crippen LogP) is 3.88. The summed E-state index contributed by atoms with van der Waals surface area (Å²) in [6, 6.07) is 18.8. The number of carbonyl (C=O) groups excluding carboxylic acids is 2. The molecule has 0 radical (unpaired) electrons. The summed E-state index contributed by atoms with van der Waals surface area (Å²) in [5.41, 5.74) is 1.21. The summed E-state index contributed by atoms with van der Waals surface area (Å²) in [5, 5.41) is 2.85. The van der Waals surface area contributed by atoms with E-state index in [1.807, 2.05) is 37.3 Å². The summed E-state index contributed by atoms with van der Waals surface area (Å²) < 4.78 is 53.1. The number of ether oxygens (including phenoxy) is 2. The molecule has 0 saturated carbocycles. The van der Waals surface area contributed by atoms with E-state index in [0.717, 1.165) is 9.87 Å². The van der Waals surface area contributed by atoms with Crippen LogP contribution in [0.25, 0.3) is 0 Å². The van der Waals surface area contributed by atoms with Gasteiger partial charge in [-0.25, -0.2) is 12.8 Å². The second-order valence-corrected chi connectivity index (χ2v) is 11.7. The minimum absolute atomic E-state index is 0.00268. The Labute approximate surface area is 239 Å². The number of nitrogens with one attached hydrogen (secondary N) is 1. The van der Waals surface area contributed by atoms with Gasteiger partial charge in [0.15, 0.2) is 11.5 Å². The molecule has 1 aliphatic heterocycles. The topological polar surface area (TPSA) is 105 Å². The number of sulfonamides is 1. The second-order valence-electron chi connectivity index (χ2n) is 9.55. The largest absolute Gasteiger partial charge is 0.454 e. The SMILES string of the molecule is CCCNC(=O)[C@H](Cc1ccccc1)N(Cc1ccccc1F)C(=O)CN(c1ccc2c(c1)OCO2)S(=O)(=O)CC. The Morgan fingerprint density at radius 2 is 1.68 bits per heavy atom. The van der Waals surface area contributed by atoms with Crippen molar-refractivity contribution in [3.05, 3.63) is 89.7 Å². The summed E-state index contributed by atoms with van der Waals surface area (Å²) in [6.07, 6.45) is 0.832. The van der Waals surface area contributed by atoms with E-state index in [0.29, 0.717) is 24.5 Å². The minimum Gasteiger partial charge on any atom is -0.454 e. The molecule has 2 amide bonds. The zero-order valence-electron chi connectivity index (χ0n) is 23.1. The first-order valence-electron chi connectivity index (χ1n) is 13.5. The molecule has 0 aromatic heterocycles. The first-order chi connectivity index (χ1) is 19.7. The van der Waals surface area contributed by atoms with Gasteiger partial charge in [0.1, 0.15) is 18.4 Å². The van der Waals surface area contributed by atoms with Crippen molar-refractivity contribution >= 4 is 27.5 Å². The number of carbonyl (C=O) groups is 2. The van der Waals surface area contributed by atoms with Crippen molar-refractivity contribution in [3.8, 4) is 11.5 Å². The number of fused-ring (bicyclic) bond motifs is 1. The van der Waals surface area contributed by atoms with Crippen molar-refractivity contribution in [3.63, 3.8) is 0 Å². The third kappa shape index (κ3) is 7.35. The molecule has 1 aliphatic rings. The van der Waals surface area contributed by atoms with E-state index >= 15 is 0 Å². The lowest BCUT2D eigenvalue weighted by Gasteiger charge is -2.33. The maximum absolute atomic E-state index is 14.8. The normalized spacial score (nSPS) is 13.0. The van der Waals surface area contributed by atoms with Gasteiger partial charge in [0, 0.05) is 31.1 Å². The van der Waals surface area contributed by atoms with Gasteiger partial charge in [-0.05, 0) is 37.1 Å². The molecule has 1 N–H and O–H groups in total. The second kappa shape index (κ2) is 13.5. The maximum Gasteiger partial charge on any atom is 0.244 e. The van der Waals surface area contributed by atoms with Gasteiger partial charge in [0.2, 0.25) is 28.6 Å². The number of hydrogen-bond acceptors (Lipinski definition) is 6. The minimum atomic E-state index is -3.94. The van der Waals surface area contributed by atoms with Gasteiger partial charge in [0.05, 0.1) is 11.4 Å². The zero-order valence-corrected chi connectivity index (χ0v) is 23.9. The van der Waals surface area contributed by atoms with E-state index in [1.54, 1.807) is 12.1 Å². The van der Waals surface area contributed by atoms with Crippen molar-refractivity contribution < 1.29 is 31.9 Å². The van der Waals surface area contributed by atoms with Gasteiger partial charge >= 0.3 is 0 Å². The van der Waals surface area contributed by atoms with Crippen LogP contribution in [-0.2, 0) is 32.6 Å². The Bertz CT molecular complexity index is 1470. The van der Waals surface area contributed by atoms with Crippen LogP contribution in [0.2, 0.25) is 0 Å². The number of halogens is 1. The van der Waals surface area contributed by atoms with Crippen molar-refractivity contribution in [2.24, 2.45) is 0 Å². The molecule has 0 aliphatic carbocycles. The Kier molecular flexibility index (Phi) is 9.82. The lowest BCUT2D eigenvalue weighted by Crippen LogP contribution is -2.53. The van der Waals surface area contributed by atoms with Crippen molar-refractivity contribution in [1.29, 1.82) is 0 Å². The maximum atomic E-state index is 14.8. The lowest BCUT2D eigenvalue weighted by atomic mass is 10.0.